The molecule has 1 aromatic carbocycles. The van der Waals surface area contributed by atoms with Gasteiger partial charge < -0.3 is 4.74 Å². The maximum Gasteiger partial charge on any atom is 0.138 e. The Hall–Kier alpha value is -1.49. The molecule has 0 aliphatic carbocycles. The number of rotatable bonds is 4. The van der Waals surface area contributed by atoms with Gasteiger partial charge in [0, 0.05) is 11.4 Å². The zero-order valence-corrected chi connectivity index (χ0v) is 11.0. The maximum absolute atomic E-state index is 12.9. The van der Waals surface area contributed by atoms with Crippen LogP contribution in [0.15, 0.2) is 36.5 Å². The minimum Gasteiger partial charge on any atom is -0.487 e. The average Bonchev–Trinajstić information content (AvgIpc) is 2.36. The van der Waals surface area contributed by atoms with Crippen LogP contribution in [0.1, 0.15) is 11.3 Å². The molecule has 94 valence electrons. The van der Waals surface area contributed by atoms with Crippen molar-refractivity contribution in [1.82, 2.24) is 4.98 Å². The first-order chi connectivity index (χ1) is 8.67. The Morgan fingerprint density at radius 2 is 1.83 bits per heavy atom. The lowest BCUT2D eigenvalue weighted by atomic mass is 10.2. The van der Waals surface area contributed by atoms with E-state index in [1.165, 1.54) is 12.1 Å². The number of pyridine rings is 1. The summed E-state index contributed by atoms with van der Waals surface area (Å²) < 4.78 is 31.3. The van der Waals surface area contributed by atoms with Crippen LogP contribution >= 0.6 is 15.9 Å². The summed E-state index contributed by atoms with van der Waals surface area (Å²) in [5, 5.41) is 0.669. The smallest absolute Gasteiger partial charge is 0.138 e. The summed E-state index contributed by atoms with van der Waals surface area (Å²) in [6.45, 7) is 0.101. The highest BCUT2D eigenvalue weighted by Crippen LogP contribution is 2.14. The van der Waals surface area contributed by atoms with Gasteiger partial charge in [0.25, 0.3) is 0 Å². The molecule has 0 bridgehead atoms. The molecule has 0 amide bonds. The van der Waals surface area contributed by atoms with E-state index in [1.807, 2.05) is 6.07 Å². The minimum atomic E-state index is -0.610. The lowest BCUT2D eigenvalue weighted by molar-refractivity contribution is 0.303. The molecule has 2 rings (SSSR count). The fourth-order valence-electron chi connectivity index (χ4n) is 1.44. The van der Waals surface area contributed by atoms with Crippen LogP contribution in [-0.4, -0.2) is 4.98 Å². The van der Waals surface area contributed by atoms with E-state index in [0.717, 1.165) is 11.8 Å². The third-order valence-corrected chi connectivity index (χ3v) is 2.84. The molecular weight excluding hydrogens is 304 g/mol. The summed E-state index contributed by atoms with van der Waals surface area (Å²) in [5.74, 6) is -0.660. The van der Waals surface area contributed by atoms with E-state index < -0.39 is 11.6 Å². The van der Waals surface area contributed by atoms with Crippen LogP contribution < -0.4 is 4.74 Å². The van der Waals surface area contributed by atoms with Gasteiger partial charge in [0.05, 0.1) is 11.9 Å². The monoisotopic (exact) mass is 313 g/mol. The zero-order chi connectivity index (χ0) is 13.0. The second-order valence-electron chi connectivity index (χ2n) is 3.69. The van der Waals surface area contributed by atoms with Gasteiger partial charge in [-0.25, -0.2) is 8.78 Å². The molecule has 18 heavy (non-hydrogen) atoms. The van der Waals surface area contributed by atoms with Gasteiger partial charge in [0.1, 0.15) is 24.0 Å². The number of ether oxygens (including phenoxy) is 1. The first kappa shape index (κ1) is 13.0. The predicted octanol–water partition coefficient (Wildman–Crippen LogP) is 3.83. The summed E-state index contributed by atoms with van der Waals surface area (Å²) in [7, 11) is 0. The van der Waals surface area contributed by atoms with E-state index in [2.05, 4.69) is 20.9 Å². The number of halogens is 3. The van der Waals surface area contributed by atoms with Crippen LogP contribution in [0.5, 0.6) is 5.75 Å². The molecule has 0 N–H and O–H groups in total. The van der Waals surface area contributed by atoms with Crippen LogP contribution in [0.3, 0.4) is 0 Å². The molecule has 0 spiro atoms. The molecule has 0 fully saturated rings. The lowest BCUT2D eigenvalue weighted by Gasteiger charge is -2.06. The number of nitrogens with zero attached hydrogens (tertiary/aromatic N) is 1. The van der Waals surface area contributed by atoms with Crippen molar-refractivity contribution in [1.29, 1.82) is 0 Å². The predicted molar refractivity (Wildman–Crippen MR) is 67.6 cm³/mol. The average molecular weight is 314 g/mol. The molecule has 2 aromatic rings. The minimum absolute atomic E-state index is 0.101. The number of alkyl halides is 1. The molecule has 0 radical (unpaired) electrons. The highest BCUT2D eigenvalue weighted by Gasteiger charge is 2.02. The first-order valence-electron chi connectivity index (χ1n) is 5.26. The molecule has 0 aliphatic rings. The summed E-state index contributed by atoms with van der Waals surface area (Å²) in [4.78, 5) is 4.12. The van der Waals surface area contributed by atoms with Crippen molar-refractivity contribution < 1.29 is 13.5 Å². The number of hydrogen-bond donors (Lipinski definition) is 0. The Bertz CT molecular complexity index is 511. The highest BCUT2D eigenvalue weighted by atomic mass is 79.9. The number of hydrogen-bond acceptors (Lipinski definition) is 2. The summed E-state index contributed by atoms with van der Waals surface area (Å²) >= 11 is 3.29. The standard InChI is InChI=1S/C13H10BrF2NO/c14-6-12-1-2-13(7-17-12)18-8-9-3-10(15)5-11(16)4-9/h1-5,7H,6,8H2. The zero-order valence-electron chi connectivity index (χ0n) is 9.37. The van der Waals surface area contributed by atoms with E-state index in [-0.39, 0.29) is 6.61 Å². The van der Waals surface area contributed by atoms with Crippen molar-refractivity contribution in [3.05, 3.63) is 59.4 Å². The Labute approximate surface area is 112 Å². The molecular formula is C13H10BrF2NO. The van der Waals surface area contributed by atoms with Crippen LogP contribution in [-0.2, 0) is 11.9 Å². The van der Waals surface area contributed by atoms with Crippen molar-refractivity contribution >= 4 is 15.9 Å². The van der Waals surface area contributed by atoms with E-state index >= 15 is 0 Å². The van der Waals surface area contributed by atoms with Gasteiger partial charge in [0.15, 0.2) is 0 Å². The van der Waals surface area contributed by atoms with Gasteiger partial charge in [-0.1, -0.05) is 15.9 Å². The topological polar surface area (TPSA) is 22.1 Å². The quantitative estimate of drug-likeness (QED) is 0.800. The second kappa shape index (κ2) is 5.91. The summed E-state index contributed by atoms with van der Waals surface area (Å²) in [5.41, 5.74) is 1.33. The third kappa shape index (κ3) is 3.50. The van der Waals surface area contributed by atoms with E-state index in [0.29, 0.717) is 16.6 Å². The molecule has 0 saturated carbocycles. The maximum atomic E-state index is 12.9. The fraction of sp³-hybridized carbons (Fsp3) is 0.154. The largest absolute Gasteiger partial charge is 0.487 e. The molecule has 0 unspecified atom stereocenters. The number of aromatic nitrogens is 1. The van der Waals surface area contributed by atoms with Crippen LogP contribution in [0.4, 0.5) is 8.78 Å². The Morgan fingerprint density at radius 3 is 2.39 bits per heavy atom. The molecule has 2 nitrogen and oxygen atoms in total. The van der Waals surface area contributed by atoms with Crippen molar-refractivity contribution in [3.8, 4) is 5.75 Å². The molecule has 1 aromatic heterocycles. The van der Waals surface area contributed by atoms with E-state index in [1.54, 1.807) is 12.3 Å². The third-order valence-electron chi connectivity index (χ3n) is 2.26. The highest BCUT2D eigenvalue weighted by molar-refractivity contribution is 9.08. The van der Waals surface area contributed by atoms with Crippen LogP contribution in [0, 0.1) is 11.6 Å². The molecule has 0 atom stereocenters. The van der Waals surface area contributed by atoms with Crippen molar-refractivity contribution in [2.75, 3.05) is 0 Å². The van der Waals surface area contributed by atoms with Crippen LogP contribution in [0.25, 0.3) is 0 Å². The molecule has 5 heteroatoms. The molecule has 0 aliphatic heterocycles. The number of benzene rings is 1. The van der Waals surface area contributed by atoms with Crippen molar-refractivity contribution in [3.63, 3.8) is 0 Å². The SMILES string of the molecule is Fc1cc(F)cc(COc2ccc(CBr)nc2)c1. The van der Waals surface area contributed by atoms with Gasteiger partial charge in [-0.05, 0) is 29.8 Å². The summed E-state index contributed by atoms with van der Waals surface area (Å²) in [6, 6.07) is 6.89. The van der Waals surface area contributed by atoms with Gasteiger partial charge >= 0.3 is 0 Å². The fourth-order valence-corrected chi connectivity index (χ4v) is 1.77. The molecule has 0 saturated heterocycles. The Kier molecular flexibility index (Phi) is 4.25. The van der Waals surface area contributed by atoms with Crippen molar-refractivity contribution in [2.24, 2.45) is 0 Å². The van der Waals surface area contributed by atoms with Gasteiger partial charge in [0.2, 0.25) is 0 Å². The summed E-state index contributed by atoms with van der Waals surface area (Å²) in [6.07, 6.45) is 1.58. The van der Waals surface area contributed by atoms with Gasteiger partial charge in [-0.2, -0.15) is 0 Å². The molecule has 1 heterocycles. The van der Waals surface area contributed by atoms with Gasteiger partial charge in [-0.3, -0.25) is 4.98 Å². The van der Waals surface area contributed by atoms with Gasteiger partial charge in [-0.15, -0.1) is 0 Å². The lowest BCUT2D eigenvalue weighted by Crippen LogP contribution is -1.98. The second-order valence-corrected chi connectivity index (χ2v) is 4.25. The van der Waals surface area contributed by atoms with E-state index in [9.17, 15) is 8.78 Å². The normalized spacial score (nSPS) is 10.4. The van der Waals surface area contributed by atoms with Crippen molar-refractivity contribution in [2.45, 2.75) is 11.9 Å². The van der Waals surface area contributed by atoms with E-state index in [4.69, 9.17) is 4.74 Å². The Morgan fingerprint density at radius 1 is 1.11 bits per heavy atom. The first-order valence-corrected chi connectivity index (χ1v) is 6.38. The van der Waals surface area contributed by atoms with Crippen LogP contribution in [0.2, 0.25) is 0 Å². The Balaban J connectivity index is 2.01.